The Balaban J connectivity index is 1.57. The van der Waals surface area contributed by atoms with E-state index in [1.807, 2.05) is 32.0 Å². The Labute approximate surface area is 150 Å². The van der Waals surface area contributed by atoms with Crippen LogP contribution in [0.25, 0.3) is 0 Å². The van der Waals surface area contributed by atoms with Crippen molar-refractivity contribution in [1.29, 1.82) is 0 Å². The molecule has 0 aliphatic carbocycles. The van der Waals surface area contributed by atoms with Crippen LogP contribution in [-0.2, 0) is 4.79 Å². The molecular formula is C18H17ClN2O4. The van der Waals surface area contributed by atoms with E-state index in [4.69, 9.17) is 25.8 Å². The number of hydrogen-bond acceptors (Lipinski definition) is 5. The van der Waals surface area contributed by atoms with Gasteiger partial charge in [-0.05, 0) is 31.0 Å². The second-order valence-corrected chi connectivity index (χ2v) is 5.94. The number of fused-ring (bicyclic) bond motifs is 1. The molecule has 0 aromatic heterocycles. The van der Waals surface area contributed by atoms with Gasteiger partial charge in [-0.1, -0.05) is 29.8 Å². The Morgan fingerprint density at radius 3 is 2.68 bits per heavy atom. The number of carbonyl (C=O) groups is 1. The largest absolute Gasteiger partial charge is 0.483 e. The molecule has 0 atom stereocenters. The molecule has 0 saturated carbocycles. The molecule has 0 saturated heterocycles. The van der Waals surface area contributed by atoms with E-state index in [2.05, 4.69) is 10.5 Å². The van der Waals surface area contributed by atoms with E-state index in [9.17, 15) is 4.79 Å². The highest BCUT2D eigenvalue weighted by Crippen LogP contribution is 2.36. The van der Waals surface area contributed by atoms with Gasteiger partial charge in [0.2, 0.25) is 6.79 Å². The van der Waals surface area contributed by atoms with Crippen molar-refractivity contribution < 1.29 is 19.0 Å². The van der Waals surface area contributed by atoms with Crippen molar-refractivity contribution in [2.75, 3.05) is 13.4 Å². The summed E-state index contributed by atoms with van der Waals surface area (Å²) >= 11 is 6.14. The zero-order valence-electron chi connectivity index (χ0n) is 13.8. The molecule has 2 aromatic carbocycles. The number of hydrogen-bond donors (Lipinski definition) is 1. The Hall–Kier alpha value is -2.73. The summed E-state index contributed by atoms with van der Waals surface area (Å²) in [4.78, 5) is 11.9. The van der Waals surface area contributed by atoms with Crippen LogP contribution in [-0.4, -0.2) is 25.5 Å². The lowest BCUT2D eigenvalue weighted by molar-refractivity contribution is -0.123. The number of amides is 1. The second-order valence-electron chi connectivity index (χ2n) is 5.53. The number of rotatable bonds is 5. The Bertz CT molecular complexity index is 816. The Morgan fingerprint density at radius 1 is 1.28 bits per heavy atom. The molecule has 25 heavy (non-hydrogen) atoms. The van der Waals surface area contributed by atoms with Crippen molar-refractivity contribution in [3.63, 3.8) is 0 Å². The van der Waals surface area contributed by atoms with E-state index >= 15 is 0 Å². The molecule has 1 aliphatic heterocycles. The van der Waals surface area contributed by atoms with E-state index in [1.165, 1.54) is 6.21 Å². The van der Waals surface area contributed by atoms with Crippen molar-refractivity contribution in [1.82, 2.24) is 5.43 Å². The summed E-state index contributed by atoms with van der Waals surface area (Å²) in [5, 5.41) is 4.35. The number of aryl methyl sites for hydroxylation is 2. The minimum Gasteiger partial charge on any atom is -0.483 e. The van der Waals surface area contributed by atoms with Gasteiger partial charge < -0.3 is 14.2 Å². The predicted molar refractivity (Wildman–Crippen MR) is 94.7 cm³/mol. The SMILES string of the molecule is Cc1cccc(C)c1OCC(=O)N/N=C\c1cc2c(cc1Cl)OCO2. The zero-order valence-corrected chi connectivity index (χ0v) is 14.6. The Kier molecular flexibility index (Phi) is 5.09. The molecule has 1 aliphatic rings. The van der Waals surface area contributed by atoms with Crippen molar-refractivity contribution in [2.24, 2.45) is 5.10 Å². The predicted octanol–water partition coefficient (Wildman–Crippen LogP) is 3.21. The summed E-state index contributed by atoms with van der Waals surface area (Å²) in [7, 11) is 0. The zero-order chi connectivity index (χ0) is 17.8. The van der Waals surface area contributed by atoms with E-state index in [1.54, 1.807) is 12.1 Å². The number of nitrogens with zero attached hydrogens (tertiary/aromatic N) is 1. The highest BCUT2D eigenvalue weighted by Gasteiger charge is 2.15. The minimum absolute atomic E-state index is 0.127. The molecule has 7 heteroatoms. The van der Waals surface area contributed by atoms with Gasteiger partial charge in [-0.25, -0.2) is 5.43 Å². The van der Waals surface area contributed by atoms with E-state index < -0.39 is 0 Å². The standard InChI is InChI=1S/C18H17ClN2O4/c1-11-4-3-5-12(2)18(11)23-9-17(22)21-20-8-13-6-15-16(7-14(13)19)25-10-24-15/h3-8H,9-10H2,1-2H3,(H,21,22)/b20-8-. The smallest absolute Gasteiger partial charge is 0.277 e. The summed E-state index contributed by atoms with van der Waals surface area (Å²) in [6.45, 7) is 3.90. The van der Waals surface area contributed by atoms with Gasteiger partial charge in [-0.2, -0.15) is 5.10 Å². The van der Waals surface area contributed by atoms with E-state index in [-0.39, 0.29) is 19.3 Å². The third-order valence-corrected chi connectivity index (χ3v) is 3.97. The molecule has 1 N–H and O–H groups in total. The lowest BCUT2D eigenvalue weighted by atomic mass is 10.1. The molecule has 2 aromatic rings. The van der Waals surface area contributed by atoms with Crippen LogP contribution < -0.4 is 19.6 Å². The van der Waals surface area contributed by atoms with Crippen LogP contribution in [0.4, 0.5) is 0 Å². The van der Waals surface area contributed by atoms with Crippen molar-refractivity contribution in [3.8, 4) is 17.2 Å². The van der Waals surface area contributed by atoms with Crippen LogP contribution in [0.5, 0.6) is 17.2 Å². The first-order chi connectivity index (χ1) is 12.0. The first kappa shape index (κ1) is 17.1. The maximum absolute atomic E-state index is 11.9. The molecule has 1 amide bonds. The van der Waals surface area contributed by atoms with Crippen LogP contribution in [0.2, 0.25) is 5.02 Å². The maximum Gasteiger partial charge on any atom is 0.277 e. The van der Waals surface area contributed by atoms with Gasteiger partial charge in [0.15, 0.2) is 18.1 Å². The van der Waals surface area contributed by atoms with Gasteiger partial charge in [0, 0.05) is 11.6 Å². The van der Waals surface area contributed by atoms with Gasteiger partial charge >= 0.3 is 0 Å². The Morgan fingerprint density at radius 2 is 1.96 bits per heavy atom. The topological polar surface area (TPSA) is 69.2 Å². The molecule has 130 valence electrons. The highest BCUT2D eigenvalue weighted by molar-refractivity contribution is 6.33. The lowest BCUT2D eigenvalue weighted by Gasteiger charge is -2.10. The van der Waals surface area contributed by atoms with Gasteiger partial charge in [-0.15, -0.1) is 0 Å². The fraction of sp³-hybridized carbons (Fsp3) is 0.222. The average molecular weight is 361 g/mol. The van der Waals surface area contributed by atoms with Crippen LogP contribution in [0.1, 0.15) is 16.7 Å². The summed E-state index contributed by atoms with van der Waals surface area (Å²) in [6, 6.07) is 9.15. The first-order valence-electron chi connectivity index (χ1n) is 7.64. The van der Waals surface area contributed by atoms with Gasteiger partial charge in [0.25, 0.3) is 5.91 Å². The van der Waals surface area contributed by atoms with E-state index in [0.29, 0.717) is 27.8 Å². The minimum atomic E-state index is -0.365. The average Bonchev–Trinajstić information content (AvgIpc) is 3.01. The fourth-order valence-electron chi connectivity index (χ4n) is 2.40. The number of halogens is 1. The number of benzene rings is 2. The monoisotopic (exact) mass is 360 g/mol. The second kappa shape index (κ2) is 7.44. The van der Waals surface area contributed by atoms with Crippen LogP contribution in [0.15, 0.2) is 35.4 Å². The molecule has 0 unspecified atom stereocenters. The van der Waals surface area contributed by atoms with E-state index in [0.717, 1.165) is 11.1 Å². The third-order valence-electron chi connectivity index (χ3n) is 3.64. The molecule has 0 bridgehead atoms. The molecule has 0 radical (unpaired) electrons. The lowest BCUT2D eigenvalue weighted by Crippen LogP contribution is -2.25. The molecule has 3 rings (SSSR count). The summed E-state index contributed by atoms with van der Waals surface area (Å²) < 4.78 is 16.1. The summed E-state index contributed by atoms with van der Waals surface area (Å²) in [5.41, 5.74) is 4.97. The quantitative estimate of drug-likeness (QED) is 0.656. The number of carbonyl (C=O) groups excluding carboxylic acids is 1. The molecule has 1 heterocycles. The third kappa shape index (κ3) is 4.03. The van der Waals surface area contributed by atoms with Crippen molar-refractivity contribution in [3.05, 3.63) is 52.0 Å². The van der Waals surface area contributed by atoms with Gasteiger partial charge in [0.05, 0.1) is 11.2 Å². The van der Waals surface area contributed by atoms with Crippen LogP contribution >= 0.6 is 11.6 Å². The number of hydrazone groups is 1. The summed E-state index contributed by atoms with van der Waals surface area (Å²) in [5.74, 6) is 1.53. The number of nitrogens with one attached hydrogen (secondary N) is 1. The van der Waals surface area contributed by atoms with Crippen LogP contribution in [0, 0.1) is 13.8 Å². The molecule has 0 fully saturated rings. The molecular weight excluding hydrogens is 344 g/mol. The number of ether oxygens (including phenoxy) is 3. The number of para-hydroxylation sites is 1. The van der Waals surface area contributed by atoms with Gasteiger partial charge in [0.1, 0.15) is 5.75 Å². The normalized spacial score (nSPS) is 12.4. The van der Waals surface area contributed by atoms with Crippen molar-refractivity contribution >= 4 is 23.7 Å². The van der Waals surface area contributed by atoms with Gasteiger partial charge in [-0.3, -0.25) is 4.79 Å². The first-order valence-corrected chi connectivity index (χ1v) is 8.02. The highest BCUT2D eigenvalue weighted by atomic mass is 35.5. The van der Waals surface area contributed by atoms with Crippen molar-refractivity contribution in [2.45, 2.75) is 13.8 Å². The summed E-state index contributed by atoms with van der Waals surface area (Å²) in [6.07, 6.45) is 1.45. The molecule has 0 spiro atoms. The fourth-order valence-corrected chi connectivity index (χ4v) is 2.60. The van der Waals surface area contributed by atoms with Crippen LogP contribution in [0.3, 0.4) is 0 Å². The maximum atomic E-state index is 11.9. The molecule has 6 nitrogen and oxygen atoms in total.